The number of anilines is 1. The Bertz CT molecular complexity index is 875. The average Bonchev–Trinajstić information content (AvgIpc) is 2.64. The largest absolute Gasteiger partial charge is 0.354 e. The Balaban J connectivity index is 1.74. The summed E-state index contributed by atoms with van der Waals surface area (Å²) in [5.41, 5.74) is 1.43. The first kappa shape index (κ1) is 22.5. The van der Waals surface area contributed by atoms with E-state index in [1.807, 2.05) is 24.3 Å². The Morgan fingerprint density at radius 3 is 2.39 bits per heavy atom. The lowest BCUT2D eigenvalue weighted by Gasteiger charge is -2.21. The fourth-order valence-corrected chi connectivity index (χ4v) is 4.27. The molecule has 0 heterocycles. The summed E-state index contributed by atoms with van der Waals surface area (Å²) in [7, 11) is -3.66. The Morgan fingerprint density at radius 1 is 1.14 bits per heavy atom. The van der Waals surface area contributed by atoms with Crippen molar-refractivity contribution < 1.29 is 17.6 Å². The molecule has 0 aliphatic heterocycles. The summed E-state index contributed by atoms with van der Waals surface area (Å²) in [5, 5.41) is 3.43. The molecular formula is C19H22ClFN2O3S2. The quantitative estimate of drug-likeness (QED) is 0.567. The molecule has 9 heteroatoms. The SMILES string of the molecule is CS(=O)(=O)N(CC(=O)NCCCSCc1ccc(Cl)cc1)c1ccc(F)cc1. The predicted molar refractivity (Wildman–Crippen MR) is 114 cm³/mol. The molecule has 0 radical (unpaired) electrons. The minimum absolute atomic E-state index is 0.248. The first-order chi connectivity index (χ1) is 13.3. The van der Waals surface area contributed by atoms with Crippen LogP contribution in [0.2, 0.25) is 5.02 Å². The van der Waals surface area contributed by atoms with Gasteiger partial charge in [0.25, 0.3) is 0 Å². The second-order valence-corrected chi connectivity index (χ2v) is 9.58. The zero-order valence-corrected chi connectivity index (χ0v) is 17.8. The van der Waals surface area contributed by atoms with Gasteiger partial charge in [-0.15, -0.1) is 0 Å². The number of thioether (sulfide) groups is 1. The first-order valence-corrected chi connectivity index (χ1v) is 12.0. The van der Waals surface area contributed by atoms with Crippen molar-refractivity contribution in [1.29, 1.82) is 0 Å². The number of hydrogen-bond acceptors (Lipinski definition) is 4. The summed E-state index contributed by atoms with van der Waals surface area (Å²) in [5.74, 6) is 0.837. The van der Waals surface area contributed by atoms with Crippen molar-refractivity contribution in [3.05, 3.63) is 64.9 Å². The number of hydrogen-bond donors (Lipinski definition) is 1. The fraction of sp³-hybridized carbons (Fsp3) is 0.316. The molecule has 152 valence electrons. The van der Waals surface area contributed by atoms with E-state index in [0.717, 1.165) is 40.6 Å². The zero-order chi connectivity index (χ0) is 20.6. The number of carbonyl (C=O) groups excluding carboxylic acids is 1. The molecule has 0 bridgehead atoms. The molecule has 2 rings (SSSR count). The van der Waals surface area contributed by atoms with Crippen LogP contribution in [0.5, 0.6) is 0 Å². The number of benzene rings is 2. The molecule has 28 heavy (non-hydrogen) atoms. The van der Waals surface area contributed by atoms with Gasteiger partial charge in [-0.1, -0.05) is 23.7 Å². The summed E-state index contributed by atoms with van der Waals surface area (Å²) in [6.45, 7) is 0.107. The highest BCUT2D eigenvalue weighted by molar-refractivity contribution is 7.98. The fourth-order valence-electron chi connectivity index (χ4n) is 2.37. The Hall–Kier alpha value is -1.77. The minimum Gasteiger partial charge on any atom is -0.354 e. The van der Waals surface area contributed by atoms with Gasteiger partial charge in [0.05, 0.1) is 11.9 Å². The van der Waals surface area contributed by atoms with E-state index < -0.39 is 21.7 Å². The smallest absolute Gasteiger partial charge is 0.240 e. The molecule has 0 aliphatic rings. The lowest BCUT2D eigenvalue weighted by Crippen LogP contribution is -2.40. The topological polar surface area (TPSA) is 66.5 Å². The molecule has 5 nitrogen and oxygen atoms in total. The molecule has 0 unspecified atom stereocenters. The van der Waals surface area contributed by atoms with Crippen LogP contribution in [-0.4, -0.2) is 39.4 Å². The van der Waals surface area contributed by atoms with Crippen molar-refractivity contribution in [3.8, 4) is 0 Å². The molecule has 0 saturated carbocycles. The van der Waals surface area contributed by atoms with E-state index in [1.54, 1.807) is 11.8 Å². The number of rotatable bonds is 10. The van der Waals surface area contributed by atoms with Crippen molar-refractivity contribution in [2.45, 2.75) is 12.2 Å². The van der Waals surface area contributed by atoms with Gasteiger partial charge < -0.3 is 5.32 Å². The van der Waals surface area contributed by atoms with E-state index in [4.69, 9.17) is 11.6 Å². The maximum Gasteiger partial charge on any atom is 0.240 e. The van der Waals surface area contributed by atoms with E-state index in [2.05, 4.69) is 5.32 Å². The molecule has 0 saturated heterocycles. The Labute approximate surface area is 174 Å². The van der Waals surface area contributed by atoms with Crippen LogP contribution in [0.25, 0.3) is 0 Å². The highest BCUT2D eigenvalue weighted by Crippen LogP contribution is 2.18. The molecule has 0 spiro atoms. The lowest BCUT2D eigenvalue weighted by molar-refractivity contribution is -0.119. The van der Waals surface area contributed by atoms with Crippen LogP contribution in [-0.2, 0) is 20.6 Å². The van der Waals surface area contributed by atoms with Crippen LogP contribution < -0.4 is 9.62 Å². The van der Waals surface area contributed by atoms with Crippen molar-refractivity contribution in [2.24, 2.45) is 0 Å². The van der Waals surface area contributed by atoms with Crippen LogP contribution >= 0.6 is 23.4 Å². The van der Waals surface area contributed by atoms with Gasteiger partial charge in [-0.3, -0.25) is 9.10 Å². The average molecular weight is 445 g/mol. The minimum atomic E-state index is -3.66. The van der Waals surface area contributed by atoms with Crippen LogP contribution in [0.15, 0.2) is 48.5 Å². The molecule has 0 aliphatic carbocycles. The molecular weight excluding hydrogens is 423 g/mol. The molecule has 1 amide bonds. The van der Waals surface area contributed by atoms with Crippen LogP contribution in [0.4, 0.5) is 10.1 Å². The number of nitrogens with one attached hydrogen (secondary N) is 1. The molecule has 2 aromatic carbocycles. The van der Waals surface area contributed by atoms with Crippen LogP contribution in [0.1, 0.15) is 12.0 Å². The van der Waals surface area contributed by atoms with Crippen molar-refractivity contribution in [1.82, 2.24) is 5.32 Å². The Kier molecular flexibility index (Phi) is 8.59. The van der Waals surface area contributed by atoms with Gasteiger partial charge in [0.2, 0.25) is 15.9 Å². The summed E-state index contributed by atoms with van der Waals surface area (Å²) < 4.78 is 37.9. The predicted octanol–water partition coefficient (Wildman–Crippen LogP) is 3.68. The second-order valence-electron chi connectivity index (χ2n) is 6.13. The normalized spacial score (nSPS) is 11.2. The third-order valence-electron chi connectivity index (χ3n) is 3.77. The summed E-state index contributed by atoms with van der Waals surface area (Å²) >= 11 is 7.59. The van der Waals surface area contributed by atoms with Gasteiger partial charge in [-0.25, -0.2) is 12.8 Å². The van der Waals surface area contributed by atoms with Crippen LogP contribution in [0.3, 0.4) is 0 Å². The second kappa shape index (κ2) is 10.7. The molecule has 1 N–H and O–H groups in total. The zero-order valence-electron chi connectivity index (χ0n) is 15.4. The van der Waals surface area contributed by atoms with E-state index in [9.17, 15) is 17.6 Å². The van der Waals surface area contributed by atoms with Crippen molar-refractivity contribution in [3.63, 3.8) is 0 Å². The van der Waals surface area contributed by atoms with E-state index in [0.29, 0.717) is 11.6 Å². The summed E-state index contributed by atoms with van der Waals surface area (Å²) in [6, 6.07) is 12.6. The summed E-state index contributed by atoms with van der Waals surface area (Å²) in [4.78, 5) is 12.1. The molecule has 2 aromatic rings. The number of halogens is 2. The van der Waals surface area contributed by atoms with Gasteiger partial charge in [0.1, 0.15) is 12.4 Å². The van der Waals surface area contributed by atoms with Gasteiger partial charge in [-0.2, -0.15) is 11.8 Å². The first-order valence-electron chi connectivity index (χ1n) is 8.58. The summed E-state index contributed by atoms with van der Waals surface area (Å²) in [6.07, 6.45) is 1.77. The number of carbonyl (C=O) groups is 1. The maximum atomic E-state index is 13.0. The standard InChI is InChI=1S/C19H22ClFN2O3S2/c1-28(25,26)23(18-9-7-17(21)8-10-18)13-19(24)22-11-2-12-27-14-15-3-5-16(20)6-4-15/h3-10H,2,11-14H2,1H3,(H,22,24). The van der Waals surface area contributed by atoms with Crippen molar-refractivity contribution >= 4 is 45.0 Å². The highest BCUT2D eigenvalue weighted by atomic mass is 35.5. The monoisotopic (exact) mass is 444 g/mol. The van der Waals surface area contributed by atoms with Gasteiger partial charge in [0, 0.05) is 17.3 Å². The van der Waals surface area contributed by atoms with Gasteiger partial charge in [0.15, 0.2) is 0 Å². The maximum absolute atomic E-state index is 13.0. The van der Waals surface area contributed by atoms with E-state index in [1.165, 1.54) is 17.7 Å². The number of sulfonamides is 1. The highest BCUT2D eigenvalue weighted by Gasteiger charge is 2.20. The van der Waals surface area contributed by atoms with E-state index in [-0.39, 0.29) is 12.2 Å². The number of nitrogens with zero attached hydrogens (tertiary/aromatic N) is 1. The molecule has 0 aromatic heterocycles. The van der Waals surface area contributed by atoms with Crippen molar-refractivity contribution in [2.75, 3.05) is 29.4 Å². The number of amides is 1. The molecule has 0 atom stereocenters. The Morgan fingerprint density at radius 2 is 1.79 bits per heavy atom. The lowest BCUT2D eigenvalue weighted by atomic mass is 10.2. The third-order valence-corrected chi connectivity index (χ3v) is 6.28. The van der Waals surface area contributed by atoms with Gasteiger partial charge in [-0.05, 0) is 54.1 Å². The third kappa shape index (κ3) is 7.69. The molecule has 0 fully saturated rings. The van der Waals surface area contributed by atoms with Crippen LogP contribution in [0, 0.1) is 5.82 Å². The van der Waals surface area contributed by atoms with E-state index >= 15 is 0 Å². The van der Waals surface area contributed by atoms with Gasteiger partial charge >= 0.3 is 0 Å².